The number of fused-ring (bicyclic) bond motifs is 2. The van der Waals surface area contributed by atoms with E-state index in [1.165, 1.54) is 0 Å². The number of nitrogens with zero attached hydrogens (tertiary/aromatic N) is 2. The van der Waals surface area contributed by atoms with Crippen molar-refractivity contribution in [1.29, 1.82) is 0 Å². The Bertz CT molecular complexity index is 1420. The van der Waals surface area contributed by atoms with Gasteiger partial charge in [0.2, 0.25) is 0 Å². The molecule has 0 amide bonds. The molecule has 0 aliphatic rings. The van der Waals surface area contributed by atoms with Crippen molar-refractivity contribution >= 4 is 50.9 Å². The first kappa shape index (κ1) is 19.7. The molecule has 0 radical (unpaired) electrons. The number of H-pyrrole nitrogens is 1. The predicted octanol–water partition coefficient (Wildman–Crippen LogP) is 6.29. The lowest BCUT2D eigenvalue weighted by Gasteiger charge is -2.11. The highest BCUT2D eigenvalue weighted by Gasteiger charge is 2.18. The van der Waals surface area contributed by atoms with Crippen LogP contribution in [0.15, 0.2) is 72.9 Å². The number of para-hydroxylation sites is 3. The normalized spacial score (nSPS) is 11.3. The number of nitrogens with one attached hydrogen (secondary N) is 1. The molecule has 0 spiro atoms. The topological polar surface area (TPSA) is 59.9 Å². The minimum atomic E-state index is -0.00798. The first-order chi connectivity index (χ1) is 15.1. The van der Waals surface area contributed by atoms with Crippen molar-refractivity contribution in [3.8, 4) is 5.75 Å². The molecule has 31 heavy (non-hydrogen) atoms. The number of ketones is 1. The Balaban J connectivity index is 1.48. The standard InChI is InChI=1S/C24H17Cl2N3O2/c25-15-9-10-23(18(26)11-15)31-14-24-28-20-7-3-4-8-21(20)29(24)13-22(30)17-12-27-19-6-2-1-5-16(17)19/h1-12,27H,13-14H2. The molecule has 2 heterocycles. The third kappa shape index (κ3) is 3.78. The lowest BCUT2D eigenvalue weighted by Crippen LogP contribution is -2.14. The number of benzene rings is 3. The molecule has 5 nitrogen and oxygen atoms in total. The number of carbonyl (C=O) groups excluding carboxylic acids is 1. The first-order valence-corrected chi connectivity index (χ1v) is 10.5. The maximum atomic E-state index is 13.2. The van der Waals surface area contributed by atoms with Crippen LogP contribution < -0.4 is 4.74 Å². The van der Waals surface area contributed by atoms with E-state index < -0.39 is 0 Å². The summed E-state index contributed by atoms with van der Waals surface area (Å²) in [6.45, 7) is 0.312. The molecule has 0 fully saturated rings. The summed E-state index contributed by atoms with van der Waals surface area (Å²) in [6, 6.07) is 20.5. The highest BCUT2D eigenvalue weighted by Crippen LogP contribution is 2.29. The smallest absolute Gasteiger partial charge is 0.184 e. The Hall–Kier alpha value is -3.28. The summed E-state index contributed by atoms with van der Waals surface area (Å²) in [7, 11) is 0. The Morgan fingerprint density at radius 1 is 1.03 bits per heavy atom. The van der Waals surface area contributed by atoms with Gasteiger partial charge in [-0.05, 0) is 36.4 Å². The largest absolute Gasteiger partial charge is 0.484 e. The summed E-state index contributed by atoms with van der Waals surface area (Å²) in [5.41, 5.74) is 3.26. The van der Waals surface area contributed by atoms with E-state index in [-0.39, 0.29) is 18.9 Å². The molecular formula is C24H17Cl2N3O2. The minimum Gasteiger partial charge on any atom is -0.484 e. The third-order valence-corrected chi connectivity index (χ3v) is 5.71. The number of halogens is 2. The summed E-state index contributed by atoms with van der Waals surface area (Å²) < 4.78 is 7.79. The fourth-order valence-corrected chi connectivity index (χ4v) is 4.14. The zero-order chi connectivity index (χ0) is 21.4. The van der Waals surface area contributed by atoms with Crippen LogP contribution in [0.25, 0.3) is 21.9 Å². The number of hydrogen-bond donors (Lipinski definition) is 1. The van der Waals surface area contributed by atoms with Crippen molar-refractivity contribution in [2.24, 2.45) is 0 Å². The zero-order valence-corrected chi connectivity index (χ0v) is 17.8. The fourth-order valence-electron chi connectivity index (χ4n) is 3.68. The SMILES string of the molecule is O=C(Cn1c(COc2ccc(Cl)cc2Cl)nc2ccccc21)c1c[nH]c2ccccc12. The number of aromatic nitrogens is 3. The summed E-state index contributed by atoms with van der Waals surface area (Å²) in [4.78, 5) is 21.0. The van der Waals surface area contributed by atoms with Crippen LogP contribution in [0, 0.1) is 0 Å². The van der Waals surface area contributed by atoms with Crippen LogP contribution in [-0.2, 0) is 13.2 Å². The van der Waals surface area contributed by atoms with Gasteiger partial charge < -0.3 is 14.3 Å². The quantitative estimate of drug-likeness (QED) is 0.310. The van der Waals surface area contributed by atoms with Gasteiger partial charge >= 0.3 is 0 Å². The van der Waals surface area contributed by atoms with E-state index in [0.717, 1.165) is 21.9 Å². The van der Waals surface area contributed by atoms with Gasteiger partial charge in [0.1, 0.15) is 18.2 Å². The highest BCUT2D eigenvalue weighted by molar-refractivity contribution is 6.35. The number of aromatic amines is 1. The second-order valence-electron chi connectivity index (χ2n) is 7.14. The molecule has 1 N–H and O–H groups in total. The number of imidazole rings is 1. The molecule has 3 aromatic carbocycles. The van der Waals surface area contributed by atoms with Crippen LogP contribution in [0.4, 0.5) is 0 Å². The summed E-state index contributed by atoms with van der Waals surface area (Å²) in [5, 5.41) is 1.86. The Morgan fingerprint density at radius 2 is 1.84 bits per heavy atom. The number of carbonyl (C=O) groups is 1. The number of Topliss-reactive ketones (excluding diaryl/α,β-unsaturated/α-hetero) is 1. The molecule has 0 saturated carbocycles. The number of rotatable bonds is 6. The van der Waals surface area contributed by atoms with E-state index in [0.29, 0.717) is 27.2 Å². The molecule has 0 bridgehead atoms. The van der Waals surface area contributed by atoms with Crippen LogP contribution in [-0.4, -0.2) is 20.3 Å². The average molecular weight is 450 g/mol. The van der Waals surface area contributed by atoms with Crippen LogP contribution >= 0.6 is 23.2 Å². The van der Waals surface area contributed by atoms with Crippen LogP contribution in [0.1, 0.15) is 16.2 Å². The van der Waals surface area contributed by atoms with E-state index in [4.69, 9.17) is 27.9 Å². The van der Waals surface area contributed by atoms with Crippen molar-refractivity contribution in [2.45, 2.75) is 13.2 Å². The van der Waals surface area contributed by atoms with Gasteiger partial charge in [-0.3, -0.25) is 4.79 Å². The molecule has 0 saturated heterocycles. The molecular weight excluding hydrogens is 433 g/mol. The second kappa shape index (κ2) is 8.10. The van der Waals surface area contributed by atoms with Crippen molar-refractivity contribution in [1.82, 2.24) is 14.5 Å². The molecule has 2 aromatic heterocycles. The maximum Gasteiger partial charge on any atom is 0.184 e. The lowest BCUT2D eigenvalue weighted by atomic mass is 10.1. The summed E-state index contributed by atoms with van der Waals surface area (Å²) >= 11 is 12.2. The van der Waals surface area contributed by atoms with Gasteiger partial charge in [-0.2, -0.15) is 0 Å². The lowest BCUT2D eigenvalue weighted by molar-refractivity contribution is 0.0972. The van der Waals surface area contributed by atoms with E-state index in [9.17, 15) is 4.79 Å². The molecule has 0 atom stereocenters. The van der Waals surface area contributed by atoms with Gasteiger partial charge in [0.05, 0.1) is 22.6 Å². The fraction of sp³-hybridized carbons (Fsp3) is 0.0833. The van der Waals surface area contributed by atoms with Gasteiger partial charge in [-0.25, -0.2) is 4.98 Å². The van der Waals surface area contributed by atoms with E-state index in [1.807, 2.05) is 53.1 Å². The van der Waals surface area contributed by atoms with Crippen molar-refractivity contribution in [3.63, 3.8) is 0 Å². The number of ether oxygens (including phenoxy) is 1. The molecule has 0 aliphatic carbocycles. The van der Waals surface area contributed by atoms with Crippen LogP contribution in [0.5, 0.6) is 5.75 Å². The molecule has 154 valence electrons. The Kier molecular flexibility index (Phi) is 5.14. The van der Waals surface area contributed by atoms with E-state index in [1.54, 1.807) is 24.4 Å². The van der Waals surface area contributed by atoms with Crippen molar-refractivity contribution in [3.05, 3.63) is 94.4 Å². The van der Waals surface area contributed by atoms with Gasteiger partial charge in [0.15, 0.2) is 5.78 Å². The molecule has 0 unspecified atom stereocenters. The van der Waals surface area contributed by atoms with Crippen LogP contribution in [0.2, 0.25) is 10.0 Å². The van der Waals surface area contributed by atoms with E-state index >= 15 is 0 Å². The zero-order valence-electron chi connectivity index (χ0n) is 16.3. The van der Waals surface area contributed by atoms with Gasteiger partial charge in [0, 0.05) is 27.7 Å². The third-order valence-electron chi connectivity index (χ3n) is 5.18. The molecule has 0 aliphatic heterocycles. The van der Waals surface area contributed by atoms with Crippen molar-refractivity contribution in [2.75, 3.05) is 0 Å². The molecule has 7 heteroatoms. The first-order valence-electron chi connectivity index (χ1n) is 9.71. The second-order valence-corrected chi connectivity index (χ2v) is 7.98. The van der Waals surface area contributed by atoms with Gasteiger partial charge in [0.25, 0.3) is 0 Å². The van der Waals surface area contributed by atoms with Gasteiger partial charge in [-0.15, -0.1) is 0 Å². The molecule has 5 rings (SSSR count). The predicted molar refractivity (Wildman–Crippen MR) is 123 cm³/mol. The average Bonchev–Trinajstić information content (AvgIpc) is 3.35. The van der Waals surface area contributed by atoms with Crippen LogP contribution in [0.3, 0.4) is 0 Å². The summed E-state index contributed by atoms with van der Waals surface area (Å²) in [5.74, 6) is 1.14. The molecule has 5 aromatic rings. The van der Waals surface area contributed by atoms with E-state index in [2.05, 4.69) is 9.97 Å². The monoisotopic (exact) mass is 449 g/mol. The minimum absolute atomic E-state index is 0.00798. The van der Waals surface area contributed by atoms with Crippen molar-refractivity contribution < 1.29 is 9.53 Å². The Labute approximate surface area is 188 Å². The maximum absolute atomic E-state index is 13.2. The number of hydrogen-bond acceptors (Lipinski definition) is 3. The summed E-state index contributed by atoms with van der Waals surface area (Å²) in [6.07, 6.45) is 1.76. The Morgan fingerprint density at radius 3 is 2.71 bits per heavy atom. The van der Waals surface area contributed by atoms with Gasteiger partial charge in [-0.1, -0.05) is 53.5 Å². The highest BCUT2D eigenvalue weighted by atomic mass is 35.5.